The minimum Gasteiger partial charge on any atom is -0.497 e. The van der Waals surface area contributed by atoms with E-state index in [1.807, 2.05) is 31.2 Å². The van der Waals surface area contributed by atoms with E-state index in [2.05, 4.69) is 5.32 Å². The van der Waals surface area contributed by atoms with Crippen molar-refractivity contribution in [1.29, 1.82) is 0 Å². The first-order chi connectivity index (χ1) is 9.10. The van der Waals surface area contributed by atoms with Crippen LogP contribution in [0.4, 0.5) is 10.1 Å². The van der Waals surface area contributed by atoms with Crippen molar-refractivity contribution in [2.45, 2.75) is 13.0 Å². The molecule has 0 heterocycles. The third kappa shape index (κ3) is 3.38. The van der Waals surface area contributed by atoms with E-state index in [-0.39, 0.29) is 11.9 Å². The van der Waals surface area contributed by atoms with E-state index in [1.165, 1.54) is 12.1 Å². The molecule has 0 aromatic heterocycles. The monoisotopic (exact) mass is 279 g/mol. The summed E-state index contributed by atoms with van der Waals surface area (Å²) in [5, 5.41) is 3.61. The second kappa shape index (κ2) is 5.93. The number of anilines is 1. The Labute approximate surface area is 117 Å². The highest BCUT2D eigenvalue weighted by atomic mass is 35.5. The van der Waals surface area contributed by atoms with Crippen molar-refractivity contribution >= 4 is 17.3 Å². The van der Waals surface area contributed by atoms with Crippen LogP contribution >= 0.6 is 11.6 Å². The fourth-order valence-corrected chi connectivity index (χ4v) is 1.99. The first-order valence-electron chi connectivity index (χ1n) is 5.95. The fraction of sp³-hybridized carbons (Fsp3) is 0.200. The molecule has 0 radical (unpaired) electrons. The van der Waals surface area contributed by atoms with Crippen molar-refractivity contribution < 1.29 is 9.13 Å². The fourth-order valence-electron chi connectivity index (χ4n) is 1.82. The molecular formula is C15H15ClFNO. The minimum atomic E-state index is -0.315. The smallest absolute Gasteiger partial charge is 0.146 e. The summed E-state index contributed by atoms with van der Waals surface area (Å²) in [6.07, 6.45) is 0. The molecule has 0 amide bonds. The maximum absolute atomic E-state index is 13.6. The van der Waals surface area contributed by atoms with Crippen molar-refractivity contribution in [1.82, 2.24) is 0 Å². The van der Waals surface area contributed by atoms with Crippen LogP contribution in [0, 0.1) is 5.82 Å². The van der Waals surface area contributed by atoms with E-state index in [0.717, 1.165) is 11.3 Å². The Bertz CT molecular complexity index is 557. The first kappa shape index (κ1) is 13.7. The second-order valence-electron chi connectivity index (χ2n) is 4.26. The largest absolute Gasteiger partial charge is 0.497 e. The van der Waals surface area contributed by atoms with Crippen molar-refractivity contribution in [3.05, 3.63) is 58.9 Å². The van der Waals surface area contributed by atoms with Gasteiger partial charge in [0.2, 0.25) is 0 Å². The highest BCUT2D eigenvalue weighted by Crippen LogP contribution is 2.25. The molecule has 100 valence electrons. The molecule has 1 atom stereocenters. The van der Waals surface area contributed by atoms with Gasteiger partial charge in [-0.1, -0.05) is 23.7 Å². The number of methoxy groups -OCH3 is 1. The number of benzene rings is 2. The molecule has 2 aromatic carbocycles. The van der Waals surface area contributed by atoms with Crippen molar-refractivity contribution in [2.24, 2.45) is 0 Å². The minimum absolute atomic E-state index is 0.0288. The predicted molar refractivity (Wildman–Crippen MR) is 76.4 cm³/mol. The van der Waals surface area contributed by atoms with Gasteiger partial charge < -0.3 is 10.1 Å². The zero-order valence-electron chi connectivity index (χ0n) is 10.8. The van der Waals surface area contributed by atoms with E-state index in [1.54, 1.807) is 13.2 Å². The number of hydrogen-bond donors (Lipinski definition) is 1. The summed E-state index contributed by atoms with van der Waals surface area (Å²) in [5.41, 5.74) is 1.44. The molecule has 0 saturated heterocycles. The summed E-state index contributed by atoms with van der Waals surface area (Å²) in [5.74, 6) is 0.481. The van der Waals surface area contributed by atoms with Gasteiger partial charge in [-0.2, -0.15) is 0 Å². The van der Waals surface area contributed by atoms with Crippen LogP contribution in [-0.4, -0.2) is 7.11 Å². The van der Waals surface area contributed by atoms with Gasteiger partial charge in [-0.25, -0.2) is 4.39 Å². The predicted octanol–water partition coefficient (Wildman–Crippen LogP) is 4.66. The lowest BCUT2D eigenvalue weighted by atomic mass is 10.1. The van der Waals surface area contributed by atoms with Crippen LogP contribution in [0.25, 0.3) is 0 Å². The second-order valence-corrected chi connectivity index (χ2v) is 4.70. The lowest BCUT2D eigenvalue weighted by Gasteiger charge is -2.16. The van der Waals surface area contributed by atoms with Crippen molar-refractivity contribution in [2.75, 3.05) is 12.4 Å². The molecule has 0 aliphatic carbocycles. The Morgan fingerprint density at radius 1 is 1.16 bits per heavy atom. The Morgan fingerprint density at radius 3 is 2.47 bits per heavy atom. The van der Waals surface area contributed by atoms with Gasteiger partial charge in [0, 0.05) is 11.1 Å². The number of ether oxygens (including phenoxy) is 1. The van der Waals surface area contributed by atoms with Crippen LogP contribution in [0.1, 0.15) is 18.5 Å². The molecule has 19 heavy (non-hydrogen) atoms. The lowest BCUT2D eigenvalue weighted by Crippen LogP contribution is -2.07. The first-order valence-corrected chi connectivity index (χ1v) is 6.33. The number of hydrogen-bond acceptors (Lipinski definition) is 2. The van der Waals surface area contributed by atoms with Crippen LogP contribution in [0.3, 0.4) is 0 Å². The molecule has 0 fully saturated rings. The van der Waals surface area contributed by atoms with Gasteiger partial charge in [0.05, 0.1) is 12.8 Å². The quantitative estimate of drug-likeness (QED) is 0.879. The summed E-state index contributed by atoms with van der Waals surface area (Å²) in [7, 11) is 1.62. The molecule has 2 nitrogen and oxygen atoms in total. The summed E-state index contributed by atoms with van der Waals surface area (Å²) >= 11 is 5.86. The Morgan fingerprint density at radius 2 is 1.84 bits per heavy atom. The molecule has 0 spiro atoms. The van der Waals surface area contributed by atoms with Gasteiger partial charge in [-0.05, 0) is 42.8 Å². The van der Waals surface area contributed by atoms with Crippen LogP contribution in [-0.2, 0) is 0 Å². The summed E-state index contributed by atoms with van der Waals surface area (Å²) in [6, 6.07) is 12.1. The van der Waals surface area contributed by atoms with E-state index in [9.17, 15) is 4.39 Å². The summed E-state index contributed by atoms with van der Waals surface area (Å²) in [6.45, 7) is 1.96. The zero-order valence-corrected chi connectivity index (χ0v) is 11.5. The maximum atomic E-state index is 13.6. The maximum Gasteiger partial charge on any atom is 0.146 e. The number of rotatable bonds is 4. The number of nitrogens with one attached hydrogen (secondary N) is 1. The standard InChI is InChI=1S/C15H15ClFNO/c1-10(11-3-6-13(19-2)7-4-11)18-15-9-12(16)5-8-14(15)17/h3-10,18H,1-2H3. The molecule has 2 rings (SSSR count). The highest BCUT2D eigenvalue weighted by Gasteiger charge is 2.09. The van der Waals surface area contributed by atoms with Gasteiger partial charge in [0.15, 0.2) is 0 Å². The molecular weight excluding hydrogens is 265 g/mol. The van der Waals surface area contributed by atoms with Gasteiger partial charge in [0.25, 0.3) is 0 Å². The van der Waals surface area contributed by atoms with Crippen LogP contribution < -0.4 is 10.1 Å². The molecule has 0 aliphatic rings. The van der Waals surface area contributed by atoms with E-state index < -0.39 is 0 Å². The Balaban J connectivity index is 2.15. The SMILES string of the molecule is COc1ccc(C(C)Nc2cc(Cl)ccc2F)cc1. The molecule has 0 saturated carbocycles. The zero-order chi connectivity index (χ0) is 13.8. The molecule has 0 bridgehead atoms. The Hall–Kier alpha value is -1.74. The topological polar surface area (TPSA) is 21.3 Å². The number of halogens is 2. The third-order valence-electron chi connectivity index (χ3n) is 2.92. The van der Waals surface area contributed by atoms with Crippen LogP contribution in [0.5, 0.6) is 5.75 Å². The average Bonchev–Trinajstić information content (AvgIpc) is 2.43. The van der Waals surface area contributed by atoms with Gasteiger partial charge in [-0.3, -0.25) is 0 Å². The van der Waals surface area contributed by atoms with Gasteiger partial charge >= 0.3 is 0 Å². The molecule has 0 aliphatic heterocycles. The van der Waals surface area contributed by atoms with E-state index in [4.69, 9.17) is 16.3 Å². The van der Waals surface area contributed by atoms with Crippen molar-refractivity contribution in [3.8, 4) is 5.75 Å². The Kier molecular flexibility index (Phi) is 4.27. The van der Waals surface area contributed by atoms with Gasteiger partial charge in [-0.15, -0.1) is 0 Å². The van der Waals surface area contributed by atoms with Crippen LogP contribution in [0.2, 0.25) is 5.02 Å². The summed E-state index contributed by atoms with van der Waals surface area (Å²) < 4.78 is 18.7. The molecule has 1 N–H and O–H groups in total. The summed E-state index contributed by atoms with van der Waals surface area (Å²) in [4.78, 5) is 0. The van der Waals surface area contributed by atoms with Crippen molar-refractivity contribution in [3.63, 3.8) is 0 Å². The van der Waals surface area contributed by atoms with Gasteiger partial charge in [0.1, 0.15) is 11.6 Å². The lowest BCUT2D eigenvalue weighted by molar-refractivity contribution is 0.414. The van der Waals surface area contributed by atoms with Crippen LogP contribution in [0.15, 0.2) is 42.5 Å². The van der Waals surface area contributed by atoms with E-state index in [0.29, 0.717) is 10.7 Å². The average molecular weight is 280 g/mol. The molecule has 1 unspecified atom stereocenters. The normalized spacial score (nSPS) is 12.0. The third-order valence-corrected chi connectivity index (χ3v) is 3.15. The highest BCUT2D eigenvalue weighted by molar-refractivity contribution is 6.30. The van der Waals surface area contributed by atoms with E-state index >= 15 is 0 Å². The molecule has 2 aromatic rings. The molecule has 4 heteroatoms.